The molecule has 0 radical (unpaired) electrons. The standard InChI is InChI=1S/C72H116N18O24S.3C2HF3O2/c1-35(2)29-50(67(108)78-37(5)59(100)80-44(17-11-13-26-73)62(103)82-47(20-23-55(94)95)65(106)87-51(30-36(3)4)69(110)90-58(39(7)92)71(112)79-38(6)60(101)85-49(72(113)114)21-24-56(96)97)86-64(105)46(19-22-54(76)93)83-68(109)52(32-57(98)99)88-66(107)48(25-28-115-8)84-63(104)45(18-12-14-27-74)81-70(111)53(34-91)89-61(102)42(75)31-40-33-77-43-16-10-9-15-41(40)43;3*3-2(4,5)1(6)7/h9-10,15-16,33,35-39,42,44-53,58,77,91-92H,11-14,17-32,34,73-75H2,1-8H3,(H2,76,93)(H,78,108)(H,79,112)(H,80,100)(H,81,111)(H,82,103)(H,83,109)(H,84,104)(H,85,101)(H,86,105)(H,87,106)(H,88,107)(H,89,102)(H,90,110)(H,94,95)(H,96,97)(H,98,99)(H,113,114);3*(H,6,7)/t37-,38-,39+,42-,44-,45-,46-,47-,48-,49-,50-,51-,52-,53-,58-;;;/m0.../s1. The van der Waals surface area contributed by atoms with Crippen molar-refractivity contribution in [3.63, 3.8) is 0 Å². The van der Waals surface area contributed by atoms with Gasteiger partial charge in [0.1, 0.15) is 78.5 Å². The summed E-state index contributed by atoms with van der Waals surface area (Å²) in [6.07, 6.45) is -18.0. The van der Waals surface area contributed by atoms with Crippen molar-refractivity contribution in [2.24, 2.45) is 34.8 Å². The van der Waals surface area contributed by atoms with Gasteiger partial charge in [-0.15, -0.1) is 0 Å². The van der Waals surface area contributed by atoms with Crippen LogP contribution in [0, 0.1) is 11.8 Å². The average molecular weight is 1990 g/mol. The Morgan fingerprint density at radius 2 is 0.721 bits per heavy atom. The minimum atomic E-state index is -5.08. The number of carboxylic acids is 7. The molecule has 770 valence electrons. The van der Waals surface area contributed by atoms with E-state index in [1.807, 2.05) is 18.2 Å². The number of primary amides is 1. The Morgan fingerprint density at radius 3 is 1.08 bits per heavy atom. The van der Waals surface area contributed by atoms with Crippen LogP contribution < -0.4 is 92.1 Å². The van der Waals surface area contributed by atoms with Crippen LogP contribution in [0.3, 0.4) is 0 Å². The molecular weight excluding hydrogens is 1870 g/mol. The van der Waals surface area contributed by atoms with Gasteiger partial charge in [0.05, 0.1) is 25.2 Å². The number of para-hydroxylation sites is 1. The number of aliphatic hydroxyl groups excluding tert-OH is 2. The van der Waals surface area contributed by atoms with Crippen LogP contribution in [0.25, 0.3) is 10.9 Å². The number of unbranched alkanes of at least 4 members (excludes halogenated alkanes) is 2. The first-order valence-corrected chi connectivity index (χ1v) is 42.8. The number of thioether (sulfide) groups is 1. The van der Waals surface area contributed by atoms with E-state index in [2.05, 4.69) is 74.1 Å². The number of halogens is 9. The molecular formula is C78H119F9N18O30S. The molecule has 31 N–H and O–H groups in total. The van der Waals surface area contributed by atoms with E-state index in [9.17, 15) is 151 Å². The van der Waals surface area contributed by atoms with Gasteiger partial charge in [-0.2, -0.15) is 51.3 Å². The lowest BCUT2D eigenvalue weighted by Crippen LogP contribution is -2.61. The first-order chi connectivity index (χ1) is 62.9. The molecule has 0 aliphatic rings. The minimum absolute atomic E-state index is 0.0419. The third-order valence-corrected chi connectivity index (χ3v) is 19.2. The van der Waals surface area contributed by atoms with Gasteiger partial charge < -0.3 is 143 Å². The van der Waals surface area contributed by atoms with Crippen molar-refractivity contribution in [3.05, 3.63) is 36.0 Å². The zero-order valence-corrected chi connectivity index (χ0v) is 75.6. The number of carboxylic acid groups (broad SMARTS) is 7. The van der Waals surface area contributed by atoms with Crippen molar-refractivity contribution in [2.45, 2.75) is 267 Å². The number of H-pyrrole nitrogens is 1. The number of aromatic amines is 1. The van der Waals surface area contributed by atoms with Gasteiger partial charge in [-0.1, -0.05) is 45.9 Å². The van der Waals surface area contributed by atoms with Crippen molar-refractivity contribution in [1.29, 1.82) is 0 Å². The van der Waals surface area contributed by atoms with Gasteiger partial charge in [0.15, 0.2) is 0 Å². The maximum atomic E-state index is 14.3. The average Bonchev–Trinajstić information content (AvgIpc) is 1.68. The number of nitrogens with one attached hydrogen (secondary N) is 14. The molecule has 136 heavy (non-hydrogen) atoms. The Balaban J connectivity index is 0. The summed E-state index contributed by atoms with van der Waals surface area (Å²) in [5.74, 6) is -29.8. The van der Waals surface area contributed by atoms with Crippen LogP contribution in [-0.2, 0) is 107 Å². The van der Waals surface area contributed by atoms with E-state index >= 15 is 0 Å². The maximum absolute atomic E-state index is 14.3. The predicted molar refractivity (Wildman–Crippen MR) is 456 cm³/mol. The Bertz CT molecular complexity index is 4300. The highest BCUT2D eigenvalue weighted by atomic mass is 32.2. The summed E-state index contributed by atoms with van der Waals surface area (Å²) in [4.78, 5) is 270. The number of carbonyl (C=O) groups excluding carboxylic acids is 14. The van der Waals surface area contributed by atoms with Gasteiger partial charge in [-0.25, -0.2) is 19.2 Å². The molecule has 14 amide bonds. The summed E-state index contributed by atoms with van der Waals surface area (Å²) < 4.78 is 95.2. The molecule has 2 rings (SSSR count). The van der Waals surface area contributed by atoms with Gasteiger partial charge >= 0.3 is 60.3 Å². The first kappa shape index (κ1) is 125. The van der Waals surface area contributed by atoms with Gasteiger partial charge in [0.2, 0.25) is 82.7 Å². The molecule has 1 heterocycles. The number of carbonyl (C=O) groups is 21. The lowest BCUT2D eigenvalue weighted by atomic mass is 10.0. The smallest absolute Gasteiger partial charge is 0.481 e. The van der Waals surface area contributed by atoms with Crippen molar-refractivity contribution >= 4 is 147 Å². The van der Waals surface area contributed by atoms with E-state index in [0.29, 0.717) is 12.0 Å². The number of rotatable bonds is 57. The molecule has 15 atom stereocenters. The van der Waals surface area contributed by atoms with Crippen LogP contribution in [-0.4, -0.2) is 316 Å². The van der Waals surface area contributed by atoms with Crippen LogP contribution in [0.5, 0.6) is 0 Å². The molecule has 48 nitrogen and oxygen atoms in total. The lowest BCUT2D eigenvalue weighted by Gasteiger charge is -2.29. The number of hydrogen-bond donors (Lipinski definition) is 27. The zero-order valence-electron chi connectivity index (χ0n) is 74.8. The third-order valence-electron chi connectivity index (χ3n) is 18.5. The zero-order chi connectivity index (χ0) is 105. The fourth-order valence-corrected chi connectivity index (χ4v) is 11.9. The Labute approximate surface area is 774 Å². The summed E-state index contributed by atoms with van der Waals surface area (Å²) in [6, 6.07) is -15.4. The number of fused-ring (bicyclic) bond motifs is 1. The van der Waals surface area contributed by atoms with Crippen LogP contribution in [0.2, 0.25) is 0 Å². The third kappa shape index (κ3) is 51.6. The predicted octanol–water partition coefficient (Wildman–Crippen LogP) is -3.69. The number of aliphatic carboxylic acids is 7. The monoisotopic (exact) mass is 1990 g/mol. The molecule has 0 saturated heterocycles. The van der Waals surface area contributed by atoms with E-state index in [4.69, 9.17) is 57.7 Å². The Kier molecular flexibility index (Phi) is 57.7. The normalized spacial score (nSPS) is 14.6. The Hall–Kier alpha value is -12.8. The van der Waals surface area contributed by atoms with Gasteiger partial charge in [-0.3, -0.25) is 81.5 Å². The summed E-state index contributed by atoms with van der Waals surface area (Å²) in [5, 5.41) is 112. The van der Waals surface area contributed by atoms with Crippen molar-refractivity contribution in [1.82, 2.24) is 74.1 Å². The lowest BCUT2D eigenvalue weighted by molar-refractivity contribution is -0.193. The van der Waals surface area contributed by atoms with Crippen LogP contribution >= 0.6 is 11.8 Å². The molecule has 0 spiro atoms. The van der Waals surface area contributed by atoms with Gasteiger partial charge in [-0.05, 0) is 153 Å². The maximum Gasteiger partial charge on any atom is 0.490 e. The number of benzene rings is 1. The van der Waals surface area contributed by atoms with E-state index in [-0.39, 0.29) is 76.6 Å². The molecule has 1 aromatic heterocycles. The largest absolute Gasteiger partial charge is 0.490 e. The Morgan fingerprint density at radius 1 is 0.397 bits per heavy atom. The topological polar surface area (TPSA) is 817 Å². The second-order valence-corrected chi connectivity index (χ2v) is 32.0. The van der Waals surface area contributed by atoms with E-state index < -0.39 is 297 Å². The molecule has 1 aromatic carbocycles. The summed E-state index contributed by atoms with van der Waals surface area (Å²) >= 11 is 1.23. The molecule has 58 heteroatoms. The second-order valence-electron chi connectivity index (χ2n) is 31.0. The van der Waals surface area contributed by atoms with Crippen molar-refractivity contribution < 1.29 is 186 Å². The minimum Gasteiger partial charge on any atom is -0.481 e. The SMILES string of the molecule is CSCC[C@H](NC(=O)[C@H](CCCCN)NC(=O)[C@H](CO)NC(=O)[C@@H](N)Cc1c[nH]c2ccccc12)C(=O)N[C@@H](CC(=O)O)C(=O)N[C@@H](CCC(N)=O)C(=O)N[C@@H](CC(C)C)C(=O)N[C@@H](C)C(=O)N[C@@H](CCCCN)C(=O)N[C@@H](CCC(=O)O)C(=O)N[C@@H](CC(C)C)C(=O)N[C@H](C(=O)N[C@@H](C)C(=O)N[C@@H](CCC(=O)O)C(=O)O)[C@@H](C)O.O=C(O)C(F)(F)F.O=C(O)C(F)(F)F.O=C(O)C(F)(F)F. The second kappa shape index (κ2) is 62.7. The summed E-state index contributed by atoms with van der Waals surface area (Å²) in [6.45, 7) is 9.35. The number of amides is 14. The number of aromatic nitrogens is 1. The molecule has 0 fully saturated rings. The number of hydrogen-bond acceptors (Lipinski definition) is 27. The molecule has 0 bridgehead atoms. The quantitative estimate of drug-likeness (QED) is 0.0224. The highest BCUT2D eigenvalue weighted by Gasteiger charge is 2.43. The van der Waals surface area contributed by atoms with Crippen molar-refractivity contribution in [3.8, 4) is 0 Å². The van der Waals surface area contributed by atoms with E-state index in [0.717, 1.165) is 24.8 Å². The van der Waals surface area contributed by atoms with Gasteiger partial charge in [0, 0.05) is 36.4 Å². The summed E-state index contributed by atoms with van der Waals surface area (Å²) in [7, 11) is 0. The molecule has 0 aliphatic heterocycles. The molecule has 0 aliphatic carbocycles. The van der Waals surface area contributed by atoms with Crippen molar-refractivity contribution in [2.75, 3.05) is 31.7 Å². The van der Waals surface area contributed by atoms with E-state index in [1.165, 1.54) is 18.7 Å². The number of aliphatic hydroxyl groups is 2. The van der Waals surface area contributed by atoms with Crippen LogP contribution in [0.4, 0.5) is 39.5 Å². The highest BCUT2D eigenvalue weighted by molar-refractivity contribution is 7.98. The summed E-state index contributed by atoms with van der Waals surface area (Å²) in [5.41, 5.74) is 24.7. The molecule has 0 unspecified atom stereocenters. The highest BCUT2D eigenvalue weighted by Crippen LogP contribution is 2.21. The van der Waals surface area contributed by atoms with Crippen LogP contribution in [0.15, 0.2) is 30.5 Å². The van der Waals surface area contributed by atoms with Gasteiger partial charge in [0.25, 0.3) is 0 Å². The fourth-order valence-electron chi connectivity index (χ4n) is 11.4. The van der Waals surface area contributed by atoms with Crippen LogP contribution in [0.1, 0.15) is 157 Å². The fraction of sp³-hybridized carbons (Fsp3) is 0.628. The molecule has 0 saturated carbocycles. The number of alkyl halides is 9. The number of nitrogens with two attached hydrogens (primary N) is 4. The molecule has 2 aromatic rings. The first-order valence-electron chi connectivity index (χ1n) is 41.4. The van der Waals surface area contributed by atoms with E-state index in [1.54, 1.807) is 46.2 Å².